The van der Waals surface area contributed by atoms with Crippen molar-refractivity contribution >= 4 is 35.4 Å². The molecule has 1 aromatic rings. The van der Waals surface area contributed by atoms with E-state index < -0.39 is 35.8 Å². The monoisotopic (exact) mass is 394 g/mol. The molecule has 1 fully saturated rings. The van der Waals surface area contributed by atoms with Crippen molar-refractivity contribution in [3.63, 3.8) is 0 Å². The van der Waals surface area contributed by atoms with Gasteiger partial charge in [-0.2, -0.15) is 0 Å². The van der Waals surface area contributed by atoms with Crippen molar-refractivity contribution in [2.75, 3.05) is 6.54 Å². The highest BCUT2D eigenvalue weighted by Gasteiger charge is 2.50. The molecule has 0 aromatic heterocycles. The van der Waals surface area contributed by atoms with E-state index in [2.05, 4.69) is 16.2 Å². The first-order valence-electron chi connectivity index (χ1n) is 8.82. The molecule has 9 heteroatoms. The second-order valence-corrected chi connectivity index (χ2v) is 6.85. The largest absolute Gasteiger partial charge is 0.325 e. The Morgan fingerprint density at radius 2 is 1.81 bits per heavy atom. The lowest BCUT2D eigenvalue weighted by atomic mass is 9.88. The van der Waals surface area contributed by atoms with Crippen LogP contribution in [0.2, 0.25) is 5.02 Å². The minimum absolute atomic E-state index is 0.266. The van der Waals surface area contributed by atoms with Gasteiger partial charge in [0.15, 0.2) is 0 Å². The SMILES string of the molecule is CCCC1(CCC)NC(=O)N(CC(=O)NNC(=O)c2cccc(Cl)c2)C1=O. The van der Waals surface area contributed by atoms with E-state index in [0.717, 1.165) is 17.7 Å². The van der Waals surface area contributed by atoms with Crippen molar-refractivity contribution in [2.45, 2.75) is 45.1 Å². The summed E-state index contributed by atoms with van der Waals surface area (Å²) < 4.78 is 0. The maximum atomic E-state index is 12.7. The Hall–Kier alpha value is -2.61. The second kappa shape index (κ2) is 8.85. The fourth-order valence-electron chi connectivity index (χ4n) is 3.15. The standard InChI is InChI=1S/C18H23ClN4O4/c1-3-8-18(9-4-2)16(26)23(17(27)20-18)11-14(24)21-22-15(25)12-6-5-7-13(19)10-12/h5-7,10H,3-4,8-9,11H2,1-2H3,(H,20,27)(H,21,24)(H,22,25). The van der Waals surface area contributed by atoms with Crippen molar-refractivity contribution in [3.8, 4) is 0 Å². The van der Waals surface area contributed by atoms with Gasteiger partial charge in [-0.15, -0.1) is 0 Å². The molecule has 146 valence electrons. The topological polar surface area (TPSA) is 108 Å². The average Bonchev–Trinajstić information content (AvgIpc) is 2.84. The zero-order valence-corrected chi connectivity index (χ0v) is 16.1. The lowest BCUT2D eigenvalue weighted by Crippen LogP contribution is -2.49. The van der Waals surface area contributed by atoms with E-state index in [4.69, 9.17) is 11.6 Å². The third-order valence-electron chi connectivity index (χ3n) is 4.30. The number of benzene rings is 1. The Kier molecular flexibility index (Phi) is 6.79. The van der Waals surface area contributed by atoms with Gasteiger partial charge in [0.05, 0.1) is 0 Å². The van der Waals surface area contributed by atoms with Crippen molar-refractivity contribution in [3.05, 3.63) is 34.9 Å². The van der Waals surface area contributed by atoms with Crippen LogP contribution in [-0.2, 0) is 9.59 Å². The van der Waals surface area contributed by atoms with Crippen LogP contribution in [-0.4, -0.2) is 40.7 Å². The summed E-state index contributed by atoms with van der Waals surface area (Å²) in [6, 6.07) is 5.61. The summed E-state index contributed by atoms with van der Waals surface area (Å²) in [5.41, 5.74) is 3.75. The summed E-state index contributed by atoms with van der Waals surface area (Å²) in [7, 11) is 0. The molecular weight excluding hydrogens is 372 g/mol. The van der Waals surface area contributed by atoms with Crippen LogP contribution in [0, 0.1) is 0 Å². The highest BCUT2D eigenvalue weighted by Crippen LogP contribution is 2.27. The zero-order valence-electron chi connectivity index (χ0n) is 15.3. The molecule has 1 aliphatic heterocycles. The van der Waals surface area contributed by atoms with Gasteiger partial charge in [0.1, 0.15) is 12.1 Å². The van der Waals surface area contributed by atoms with Gasteiger partial charge in [0.2, 0.25) is 0 Å². The minimum Gasteiger partial charge on any atom is -0.323 e. The molecule has 27 heavy (non-hydrogen) atoms. The lowest BCUT2D eigenvalue weighted by molar-refractivity contribution is -0.135. The zero-order chi connectivity index (χ0) is 20.0. The van der Waals surface area contributed by atoms with Crippen LogP contribution in [0.1, 0.15) is 49.9 Å². The van der Waals surface area contributed by atoms with Gasteiger partial charge in [-0.25, -0.2) is 4.79 Å². The highest BCUT2D eigenvalue weighted by atomic mass is 35.5. The van der Waals surface area contributed by atoms with Crippen LogP contribution in [0.15, 0.2) is 24.3 Å². The van der Waals surface area contributed by atoms with E-state index in [1.54, 1.807) is 12.1 Å². The van der Waals surface area contributed by atoms with E-state index in [0.29, 0.717) is 17.9 Å². The predicted octanol–water partition coefficient (Wildman–Crippen LogP) is 1.99. The number of imide groups is 1. The number of nitrogens with zero attached hydrogens (tertiary/aromatic N) is 1. The van der Waals surface area contributed by atoms with Gasteiger partial charge in [0.25, 0.3) is 17.7 Å². The molecule has 1 aliphatic rings. The molecule has 0 unspecified atom stereocenters. The van der Waals surface area contributed by atoms with Gasteiger partial charge in [0, 0.05) is 10.6 Å². The van der Waals surface area contributed by atoms with Crippen LogP contribution in [0.4, 0.5) is 4.79 Å². The van der Waals surface area contributed by atoms with Gasteiger partial charge >= 0.3 is 6.03 Å². The summed E-state index contributed by atoms with van der Waals surface area (Å²) in [5.74, 6) is -1.65. The molecule has 5 amide bonds. The van der Waals surface area contributed by atoms with Crippen LogP contribution >= 0.6 is 11.6 Å². The predicted molar refractivity (Wildman–Crippen MR) is 99.9 cm³/mol. The van der Waals surface area contributed by atoms with E-state index in [1.165, 1.54) is 12.1 Å². The Morgan fingerprint density at radius 3 is 2.41 bits per heavy atom. The quantitative estimate of drug-likeness (QED) is 0.485. The van der Waals surface area contributed by atoms with Crippen LogP contribution in [0.5, 0.6) is 0 Å². The summed E-state index contributed by atoms with van der Waals surface area (Å²) in [5, 5.41) is 3.11. The fraction of sp³-hybridized carbons (Fsp3) is 0.444. The third kappa shape index (κ3) is 4.77. The molecule has 3 N–H and O–H groups in total. The van der Waals surface area contributed by atoms with Crippen LogP contribution in [0.3, 0.4) is 0 Å². The van der Waals surface area contributed by atoms with Gasteiger partial charge in [-0.05, 0) is 31.0 Å². The maximum absolute atomic E-state index is 12.7. The van der Waals surface area contributed by atoms with Crippen molar-refractivity contribution in [1.29, 1.82) is 0 Å². The van der Waals surface area contributed by atoms with Crippen LogP contribution in [0.25, 0.3) is 0 Å². The first-order chi connectivity index (χ1) is 12.8. The molecule has 1 aromatic carbocycles. The van der Waals surface area contributed by atoms with E-state index in [1.807, 2.05) is 13.8 Å². The number of hydrogen-bond donors (Lipinski definition) is 3. The van der Waals surface area contributed by atoms with Crippen molar-refractivity contribution in [1.82, 2.24) is 21.1 Å². The second-order valence-electron chi connectivity index (χ2n) is 6.42. The lowest BCUT2D eigenvalue weighted by Gasteiger charge is -2.25. The smallest absolute Gasteiger partial charge is 0.323 e. The molecule has 0 radical (unpaired) electrons. The molecule has 0 atom stereocenters. The normalized spacial score (nSPS) is 15.4. The number of urea groups is 1. The molecule has 8 nitrogen and oxygen atoms in total. The first-order valence-corrected chi connectivity index (χ1v) is 9.19. The number of hydrogen-bond acceptors (Lipinski definition) is 4. The number of carbonyl (C=O) groups is 4. The maximum Gasteiger partial charge on any atom is 0.325 e. The first kappa shape index (κ1) is 20.7. The molecule has 0 aliphatic carbocycles. The molecule has 0 saturated carbocycles. The van der Waals surface area contributed by atoms with Gasteiger partial charge < -0.3 is 5.32 Å². The Balaban J connectivity index is 1.96. The molecule has 2 rings (SSSR count). The minimum atomic E-state index is -0.953. The average molecular weight is 395 g/mol. The van der Waals surface area contributed by atoms with Gasteiger partial charge in [-0.1, -0.05) is 44.4 Å². The third-order valence-corrected chi connectivity index (χ3v) is 4.54. The molecule has 0 spiro atoms. The summed E-state index contributed by atoms with van der Waals surface area (Å²) in [6.45, 7) is 3.38. The van der Waals surface area contributed by atoms with Crippen LogP contribution < -0.4 is 16.2 Å². The summed E-state index contributed by atoms with van der Waals surface area (Å²) in [4.78, 5) is 49.9. The highest BCUT2D eigenvalue weighted by molar-refractivity contribution is 6.31. The number of rotatable bonds is 7. The number of carbonyl (C=O) groups excluding carboxylic acids is 4. The Morgan fingerprint density at radius 1 is 1.15 bits per heavy atom. The van der Waals surface area contributed by atoms with Crippen molar-refractivity contribution in [2.24, 2.45) is 0 Å². The number of amides is 5. The molecule has 1 heterocycles. The summed E-state index contributed by atoms with van der Waals surface area (Å²) in [6.07, 6.45) is 2.47. The molecule has 0 bridgehead atoms. The molecule has 1 saturated heterocycles. The number of halogens is 1. The van der Waals surface area contributed by atoms with E-state index in [9.17, 15) is 19.2 Å². The molecular formula is C18H23ClN4O4. The number of hydrazine groups is 1. The number of nitrogens with one attached hydrogen (secondary N) is 3. The fourth-order valence-corrected chi connectivity index (χ4v) is 3.34. The Labute approximate surface area is 162 Å². The van der Waals surface area contributed by atoms with Crippen molar-refractivity contribution < 1.29 is 19.2 Å². The summed E-state index contributed by atoms with van der Waals surface area (Å²) >= 11 is 5.82. The van der Waals surface area contributed by atoms with Gasteiger partial charge in [-0.3, -0.25) is 30.1 Å². The Bertz CT molecular complexity index is 747. The van der Waals surface area contributed by atoms with E-state index >= 15 is 0 Å². The van der Waals surface area contributed by atoms with E-state index in [-0.39, 0.29) is 5.56 Å².